The van der Waals surface area contributed by atoms with Gasteiger partial charge in [-0.15, -0.1) is 23.4 Å². The number of nitrogens with one attached hydrogen (secondary N) is 1. The smallest absolute Gasteiger partial charge is 0.274 e. The highest BCUT2D eigenvalue weighted by Crippen LogP contribution is 2.29. The van der Waals surface area contributed by atoms with Gasteiger partial charge in [0.1, 0.15) is 5.82 Å². The third kappa shape index (κ3) is 4.35. The van der Waals surface area contributed by atoms with Gasteiger partial charge in [0.2, 0.25) is 0 Å². The van der Waals surface area contributed by atoms with Gasteiger partial charge in [0.25, 0.3) is 0 Å². The van der Waals surface area contributed by atoms with Crippen LogP contribution in [0.1, 0.15) is 24.7 Å². The zero-order valence-corrected chi connectivity index (χ0v) is 17.6. The fourth-order valence-electron chi connectivity index (χ4n) is 3.45. The largest absolute Gasteiger partial charge is 0.346 e. The Morgan fingerprint density at radius 3 is 2.56 bits per heavy atom. The highest BCUT2D eigenvalue weighted by Gasteiger charge is 2.14. The second-order valence-electron chi connectivity index (χ2n) is 7.06. The van der Waals surface area contributed by atoms with Crippen LogP contribution in [0.3, 0.4) is 0 Å². The number of aryl methyl sites for hydroxylation is 1. The molecule has 0 radical (unpaired) electrons. The molecule has 8 nitrogen and oxygen atoms in total. The zero-order valence-electron chi connectivity index (χ0n) is 17.6. The van der Waals surface area contributed by atoms with Crippen LogP contribution in [0.15, 0.2) is 53.3 Å². The molecule has 8 heteroatoms. The van der Waals surface area contributed by atoms with Crippen LogP contribution in [0.2, 0.25) is 0 Å². The standard InChI is InChI=1S/C24H21N7O/c1-3-5-11-22-27-31(16-6-4-2)24(32)30(22)17-18-12-14-19(15-13-18)20-9-7-8-10-21(20)23-25-28-29-26-23/h2,7-10,12-15H,6,11,16-17H2,1H3,(H,25,26,28,29). The SMILES string of the molecule is C#CCCn1nc(CC#CC)n(Cc2ccc(-c3ccccc3-c3nnn[nH]3)cc2)c1=O. The summed E-state index contributed by atoms with van der Waals surface area (Å²) in [6, 6.07) is 16.0. The number of hydrogen-bond acceptors (Lipinski definition) is 5. The van der Waals surface area contributed by atoms with Crippen LogP contribution in [0.25, 0.3) is 22.5 Å². The average molecular weight is 423 g/mol. The normalized spacial score (nSPS) is 10.4. The molecule has 2 aromatic heterocycles. The molecular formula is C24H21N7O. The fraction of sp³-hybridized carbons (Fsp3) is 0.208. The third-order valence-corrected chi connectivity index (χ3v) is 5.02. The first-order valence-corrected chi connectivity index (χ1v) is 10.1. The minimum absolute atomic E-state index is 0.180. The maximum atomic E-state index is 12.9. The maximum Gasteiger partial charge on any atom is 0.346 e. The number of hydrogen-bond donors (Lipinski definition) is 1. The van der Waals surface area contributed by atoms with E-state index in [4.69, 9.17) is 6.42 Å². The van der Waals surface area contributed by atoms with E-state index in [9.17, 15) is 4.79 Å². The molecule has 0 bridgehead atoms. The van der Waals surface area contributed by atoms with Crippen molar-refractivity contribution < 1.29 is 0 Å². The Kier molecular flexibility index (Phi) is 6.24. The zero-order chi connectivity index (χ0) is 22.3. The molecule has 0 aliphatic carbocycles. The number of H-pyrrole nitrogens is 1. The van der Waals surface area contributed by atoms with Gasteiger partial charge in [-0.1, -0.05) is 54.5 Å². The number of tetrazole rings is 1. The first kappa shape index (κ1) is 20.8. The summed E-state index contributed by atoms with van der Waals surface area (Å²) >= 11 is 0. The first-order chi connectivity index (χ1) is 15.7. The van der Waals surface area contributed by atoms with E-state index in [0.717, 1.165) is 22.3 Å². The fourth-order valence-corrected chi connectivity index (χ4v) is 3.45. The van der Waals surface area contributed by atoms with Gasteiger partial charge in [0.15, 0.2) is 5.82 Å². The predicted molar refractivity (Wildman–Crippen MR) is 121 cm³/mol. The Morgan fingerprint density at radius 2 is 1.88 bits per heavy atom. The summed E-state index contributed by atoms with van der Waals surface area (Å²) in [4.78, 5) is 12.9. The van der Waals surface area contributed by atoms with Gasteiger partial charge in [-0.2, -0.15) is 5.10 Å². The number of rotatable bonds is 7. The Bertz CT molecular complexity index is 1360. The molecule has 0 saturated heterocycles. The second-order valence-corrected chi connectivity index (χ2v) is 7.06. The number of terminal acetylenes is 1. The lowest BCUT2D eigenvalue weighted by atomic mass is 9.98. The van der Waals surface area contributed by atoms with E-state index in [0.29, 0.717) is 37.6 Å². The summed E-state index contributed by atoms with van der Waals surface area (Å²) < 4.78 is 3.08. The van der Waals surface area contributed by atoms with E-state index in [1.54, 1.807) is 11.5 Å². The summed E-state index contributed by atoms with van der Waals surface area (Å²) in [6.07, 6.45) is 6.20. The Morgan fingerprint density at radius 1 is 1.09 bits per heavy atom. The van der Waals surface area contributed by atoms with E-state index < -0.39 is 0 Å². The van der Waals surface area contributed by atoms with Crippen molar-refractivity contribution in [2.24, 2.45) is 0 Å². The van der Waals surface area contributed by atoms with Crippen molar-refractivity contribution in [1.29, 1.82) is 0 Å². The van der Waals surface area contributed by atoms with Crippen molar-refractivity contribution in [2.45, 2.75) is 32.9 Å². The van der Waals surface area contributed by atoms with Gasteiger partial charge < -0.3 is 0 Å². The average Bonchev–Trinajstić information content (AvgIpc) is 3.46. The Labute approximate surface area is 185 Å². The number of benzene rings is 2. The summed E-state index contributed by atoms with van der Waals surface area (Å²) in [5.74, 6) is 9.64. The van der Waals surface area contributed by atoms with Crippen molar-refractivity contribution in [3.8, 4) is 46.7 Å². The second kappa shape index (κ2) is 9.59. The lowest BCUT2D eigenvalue weighted by Crippen LogP contribution is -2.26. The summed E-state index contributed by atoms with van der Waals surface area (Å²) in [6.45, 7) is 2.56. The number of nitrogens with zero attached hydrogens (tertiary/aromatic N) is 6. The lowest BCUT2D eigenvalue weighted by Gasteiger charge is -2.09. The molecule has 0 atom stereocenters. The molecule has 0 fully saturated rings. The minimum atomic E-state index is -0.180. The van der Waals surface area contributed by atoms with Gasteiger partial charge in [0.05, 0.1) is 19.5 Å². The molecule has 0 amide bonds. The number of aromatic amines is 1. The molecule has 2 aromatic carbocycles. The van der Waals surface area contributed by atoms with Crippen LogP contribution in [-0.2, 0) is 19.5 Å². The van der Waals surface area contributed by atoms with E-state index in [2.05, 4.69) is 43.5 Å². The van der Waals surface area contributed by atoms with Crippen molar-refractivity contribution >= 4 is 0 Å². The van der Waals surface area contributed by atoms with Crippen molar-refractivity contribution in [3.63, 3.8) is 0 Å². The molecule has 4 rings (SSSR count). The van der Waals surface area contributed by atoms with Crippen LogP contribution in [0.5, 0.6) is 0 Å². The third-order valence-electron chi connectivity index (χ3n) is 5.02. The molecule has 4 aromatic rings. The molecule has 1 N–H and O–H groups in total. The molecular weight excluding hydrogens is 402 g/mol. The van der Waals surface area contributed by atoms with Crippen LogP contribution < -0.4 is 5.69 Å². The molecule has 0 saturated carbocycles. The van der Waals surface area contributed by atoms with Crippen molar-refractivity contribution in [3.05, 3.63) is 70.4 Å². The highest BCUT2D eigenvalue weighted by atomic mass is 16.2. The Hall–Kier alpha value is -4.43. The van der Waals surface area contributed by atoms with E-state index in [-0.39, 0.29) is 5.69 Å². The Balaban J connectivity index is 1.63. The van der Waals surface area contributed by atoms with Crippen molar-refractivity contribution in [1.82, 2.24) is 35.0 Å². The topological polar surface area (TPSA) is 94.3 Å². The highest BCUT2D eigenvalue weighted by molar-refractivity contribution is 5.80. The lowest BCUT2D eigenvalue weighted by molar-refractivity contribution is 0.592. The first-order valence-electron chi connectivity index (χ1n) is 10.1. The molecule has 0 aliphatic rings. The molecule has 158 valence electrons. The van der Waals surface area contributed by atoms with Crippen LogP contribution in [0.4, 0.5) is 0 Å². The van der Waals surface area contributed by atoms with Gasteiger partial charge in [-0.25, -0.2) is 14.6 Å². The molecule has 2 heterocycles. The molecule has 0 unspecified atom stereocenters. The summed E-state index contributed by atoms with van der Waals surface area (Å²) in [5.41, 5.74) is 3.75. The van der Waals surface area contributed by atoms with Crippen molar-refractivity contribution in [2.75, 3.05) is 0 Å². The minimum Gasteiger partial charge on any atom is -0.274 e. The van der Waals surface area contributed by atoms with Crippen LogP contribution >= 0.6 is 0 Å². The van der Waals surface area contributed by atoms with Gasteiger partial charge in [0, 0.05) is 12.0 Å². The van der Waals surface area contributed by atoms with Crippen LogP contribution in [-0.4, -0.2) is 35.0 Å². The molecule has 0 aliphatic heterocycles. The van der Waals surface area contributed by atoms with Gasteiger partial charge in [-0.3, -0.25) is 4.57 Å². The predicted octanol–water partition coefficient (Wildman–Crippen LogP) is 2.53. The van der Waals surface area contributed by atoms with E-state index in [1.807, 2.05) is 48.5 Å². The monoisotopic (exact) mass is 423 g/mol. The maximum absolute atomic E-state index is 12.9. The van der Waals surface area contributed by atoms with Crippen LogP contribution in [0, 0.1) is 24.2 Å². The molecule has 0 spiro atoms. The summed E-state index contributed by atoms with van der Waals surface area (Å²) in [7, 11) is 0. The molecule has 32 heavy (non-hydrogen) atoms. The quantitative estimate of drug-likeness (QED) is 0.461. The summed E-state index contributed by atoms with van der Waals surface area (Å²) in [5, 5.41) is 18.6. The van der Waals surface area contributed by atoms with E-state index >= 15 is 0 Å². The van der Waals surface area contributed by atoms with E-state index in [1.165, 1.54) is 4.68 Å². The van der Waals surface area contributed by atoms with Gasteiger partial charge in [-0.05, 0) is 34.0 Å². The number of aromatic nitrogens is 7. The van der Waals surface area contributed by atoms with Gasteiger partial charge >= 0.3 is 5.69 Å².